The minimum absolute atomic E-state index is 0.142. The summed E-state index contributed by atoms with van der Waals surface area (Å²) in [5.41, 5.74) is 1.77. The van der Waals surface area contributed by atoms with Crippen molar-refractivity contribution in [1.82, 2.24) is 14.8 Å². The number of carbonyl (C=O) groups excluding carboxylic acids is 1. The van der Waals surface area contributed by atoms with Gasteiger partial charge >= 0.3 is 0 Å². The monoisotopic (exact) mass is 448 g/mol. The van der Waals surface area contributed by atoms with Crippen LogP contribution in [-0.2, 0) is 11.3 Å². The lowest BCUT2D eigenvalue weighted by Crippen LogP contribution is -2.15. The van der Waals surface area contributed by atoms with Gasteiger partial charge in [0.25, 0.3) is 0 Å². The molecular formula is C24H24N4O3S. The normalized spacial score (nSPS) is 10.8. The van der Waals surface area contributed by atoms with E-state index in [2.05, 4.69) is 15.5 Å². The molecule has 164 valence electrons. The number of hydrogen-bond donors (Lipinski definition) is 1. The molecule has 0 saturated heterocycles. The number of nitrogens with zero attached hydrogens (tertiary/aromatic N) is 3. The van der Waals surface area contributed by atoms with Crippen LogP contribution in [0.2, 0.25) is 0 Å². The van der Waals surface area contributed by atoms with Crippen molar-refractivity contribution < 1.29 is 13.9 Å². The second-order valence-electron chi connectivity index (χ2n) is 7.04. The zero-order chi connectivity index (χ0) is 22.2. The number of para-hydroxylation sites is 2. The maximum absolute atomic E-state index is 12.7. The Balaban J connectivity index is 1.48. The number of furan rings is 1. The fraction of sp³-hybridized carbons (Fsp3) is 0.208. The number of nitrogens with one attached hydrogen (secondary N) is 1. The van der Waals surface area contributed by atoms with Gasteiger partial charge in [0, 0.05) is 0 Å². The van der Waals surface area contributed by atoms with Crippen molar-refractivity contribution in [1.29, 1.82) is 0 Å². The van der Waals surface area contributed by atoms with Gasteiger partial charge in [-0.1, -0.05) is 61.2 Å². The topological polar surface area (TPSA) is 82.2 Å². The summed E-state index contributed by atoms with van der Waals surface area (Å²) in [5, 5.41) is 12.2. The summed E-state index contributed by atoms with van der Waals surface area (Å²) in [4.78, 5) is 12.7. The van der Waals surface area contributed by atoms with Gasteiger partial charge in [-0.2, -0.15) is 0 Å². The van der Waals surface area contributed by atoms with E-state index in [1.807, 2.05) is 78.2 Å². The highest BCUT2D eigenvalue weighted by molar-refractivity contribution is 7.99. The van der Waals surface area contributed by atoms with Crippen LogP contribution in [0.15, 0.2) is 82.6 Å². The molecule has 1 amide bonds. The highest BCUT2D eigenvalue weighted by Crippen LogP contribution is 2.27. The number of ether oxygens (including phenoxy) is 1. The lowest BCUT2D eigenvalue weighted by molar-refractivity contribution is -0.113. The number of anilines is 1. The smallest absolute Gasteiger partial charge is 0.234 e. The Bertz CT molecular complexity index is 1140. The molecule has 2 aromatic heterocycles. The van der Waals surface area contributed by atoms with E-state index in [1.165, 1.54) is 11.8 Å². The van der Waals surface area contributed by atoms with E-state index >= 15 is 0 Å². The second-order valence-corrected chi connectivity index (χ2v) is 7.98. The van der Waals surface area contributed by atoms with E-state index < -0.39 is 0 Å². The Hall–Kier alpha value is -3.52. The predicted molar refractivity (Wildman–Crippen MR) is 125 cm³/mol. The molecule has 0 saturated carbocycles. The number of benzene rings is 2. The molecule has 0 aliphatic rings. The molecule has 8 heteroatoms. The number of amides is 1. The summed E-state index contributed by atoms with van der Waals surface area (Å²) in [6.45, 7) is 3.21. The maximum Gasteiger partial charge on any atom is 0.234 e. The van der Waals surface area contributed by atoms with Crippen molar-refractivity contribution >= 4 is 23.4 Å². The summed E-state index contributed by atoms with van der Waals surface area (Å²) in [5.74, 6) is 1.97. The Morgan fingerprint density at radius 2 is 1.88 bits per heavy atom. The van der Waals surface area contributed by atoms with Crippen molar-refractivity contribution in [3.05, 3.63) is 78.6 Å². The first-order chi connectivity index (χ1) is 15.7. The molecule has 1 N–H and O–H groups in total. The van der Waals surface area contributed by atoms with Gasteiger partial charge in [0.1, 0.15) is 5.75 Å². The lowest BCUT2D eigenvalue weighted by atomic mass is 10.2. The van der Waals surface area contributed by atoms with E-state index in [-0.39, 0.29) is 11.7 Å². The number of hydrogen-bond acceptors (Lipinski definition) is 6. The summed E-state index contributed by atoms with van der Waals surface area (Å²) < 4.78 is 13.2. The largest absolute Gasteiger partial charge is 0.491 e. The zero-order valence-corrected chi connectivity index (χ0v) is 18.5. The molecule has 0 fully saturated rings. The van der Waals surface area contributed by atoms with Crippen molar-refractivity contribution in [2.45, 2.75) is 25.0 Å². The fourth-order valence-electron chi connectivity index (χ4n) is 3.12. The van der Waals surface area contributed by atoms with Crippen LogP contribution in [0.3, 0.4) is 0 Å². The lowest BCUT2D eigenvalue weighted by Gasteiger charge is -2.12. The molecule has 7 nitrogen and oxygen atoms in total. The van der Waals surface area contributed by atoms with Crippen LogP contribution in [0.4, 0.5) is 5.69 Å². The summed E-state index contributed by atoms with van der Waals surface area (Å²) in [6.07, 6.45) is 2.50. The Morgan fingerprint density at radius 1 is 1.06 bits per heavy atom. The van der Waals surface area contributed by atoms with Crippen LogP contribution < -0.4 is 10.1 Å². The van der Waals surface area contributed by atoms with Crippen molar-refractivity contribution in [2.75, 3.05) is 17.7 Å². The quantitative estimate of drug-likeness (QED) is 0.340. The van der Waals surface area contributed by atoms with Crippen molar-refractivity contribution in [2.24, 2.45) is 0 Å². The molecular weight excluding hydrogens is 424 g/mol. The highest BCUT2D eigenvalue weighted by Gasteiger charge is 2.18. The van der Waals surface area contributed by atoms with Crippen LogP contribution in [0.25, 0.3) is 11.6 Å². The molecule has 0 bridgehead atoms. The van der Waals surface area contributed by atoms with Gasteiger partial charge in [0.15, 0.2) is 10.9 Å². The Morgan fingerprint density at radius 3 is 2.66 bits per heavy atom. The predicted octanol–water partition coefficient (Wildman–Crippen LogP) is 5.11. The maximum atomic E-state index is 12.7. The van der Waals surface area contributed by atoms with E-state index in [9.17, 15) is 4.79 Å². The summed E-state index contributed by atoms with van der Waals surface area (Å²) >= 11 is 1.33. The zero-order valence-electron chi connectivity index (χ0n) is 17.7. The van der Waals surface area contributed by atoms with Crippen LogP contribution in [0.1, 0.15) is 18.9 Å². The van der Waals surface area contributed by atoms with E-state index in [1.54, 1.807) is 6.26 Å². The number of aromatic nitrogens is 3. The molecule has 0 aliphatic heterocycles. The van der Waals surface area contributed by atoms with E-state index in [0.717, 1.165) is 12.0 Å². The first-order valence-corrected chi connectivity index (χ1v) is 11.4. The third-order valence-corrected chi connectivity index (χ3v) is 5.56. The van der Waals surface area contributed by atoms with Gasteiger partial charge in [-0.05, 0) is 36.2 Å². The SMILES string of the molecule is CCCOc1ccccc1NC(=O)CSc1nnc(-c2ccco2)n1Cc1ccccc1. The van der Waals surface area contributed by atoms with E-state index in [0.29, 0.717) is 41.3 Å². The molecule has 0 unspecified atom stereocenters. The third kappa shape index (κ3) is 5.39. The molecule has 4 rings (SSSR count). The van der Waals surface area contributed by atoms with Crippen LogP contribution in [-0.4, -0.2) is 33.0 Å². The minimum atomic E-state index is -0.142. The van der Waals surface area contributed by atoms with Gasteiger partial charge in [0.05, 0.1) is 30.9 Å². The average molecular weight is 449 g/mol. The molecule has 0 atom stereocenters. The summed E-state index contributed by atoms with van der Waals surface area (Å²) in [6, 6.07) is 21.1. The molecule has 4 aromatic rings. The fourth-order valence-corrected chi connectivity index (χ4v) is 3.85. The first kappa shape index (κ1) is 21.7. The van der Waals surface area contributed by atoms with E-state index in [4.69, 9.17) is 9.15 Å². The summed E-state index contributed by atoms with van der Waals surface area (Å²) in [7, 11) is 0. The van der Waals surface area contributed by atoms with Gasteiger partial charge in [-0.25, -0.2) is 0 Å². The van der Waals surface area contributed by atoms with Gasteiger partial charge in [-0.15, -0.1) is 10.2 Å². The number of rotatable bonds is 10. The standard InChI is InChI=1S/C24H24N4O3S/c1-2-14-30-20-12-7-6-11-19(20)25-22(29)17-32-24-27-26-23(21-13-8-15-31-21)28(24)16-18-9-4-3-5-10-18/h3-13,15H,2,14,16-17H2,1H3,(H,25,29). The molecule has 2 aromatic carbocycles. The first-order valence-electron chi connectivity index (χ1n) is 10.4. The average Bonchev–Trinajstić information content (AvgIpc) is 3.48. The van der Waals surface area contributed by atoms with Crippen molar-refractivity contribution in [3.8, 4) is 17.3 Å². The van der Waals surface area contributed by atoms with Crippen LogP contribution in [0.5, 0.6) is 5.75 Å². The minimum Gasteiger partial charge on any atom is -0.491 e. The van der Waals surface area contributed by atoms with Crippen LogP contribution >= 0.6 is 11.8 Å². The Labute approximate surface area is 190 Å². The molecule has 2 heterocycles. The van der Waals surface area contributed by atoms with Crippen molar-refractivity contribution in [3.63, 3.8) is 0 Å². The Kier molecular flexibility index (Phi) is 7.24. The second kappa shape index (κ2) is 10.7. The molecule has 32 heavy (non-hydrogen) atoms. The molecule has 0 spiro atoms. The third-order valence-electron chi connectivity index (χ3n) is 4.60. The van der Waals surface area contributed by atoms with Gasteiger partial charge in [-0.3, -0.25) is 9.36 Å². The molecule has 0 radical (unpaired) electrons. The van der Waals surface area contributed by atoms with Gasteiger partial charge in [0.2, 0.25) is 11.7 Å². The number of carbonyl (C=O) groups is 1. The highest BCUT2D eigenvalue weighted by atomic mass is 32.2. The van der Waals surface area contributed by atoms with Gasteiger partial charge < -0.3 is 14.5 Å². The molecule has 0 aliphatic carbocycles. The van der Waals surface area contributed by atoms with Crippen LogP contribution in [0, 0.1) is 0 Å². The number of thioether (sulfide) groups is 1.